The monoisotopic (exact) mass is 251 g/mol. The first-order chi connectivity index (χ1) is 8.50. The quantitative estimate of drug-likeness (QED) is 0.577. The van der Waals surface area contributed by atoms with E-state index in [1.54, 1.807) is 18.2 Å². The van der Waals surface area contributed by atoms with Gasteiger partial charge in [-0.15, -0.1) is 0 Å². The standard InChI is InChI=1S/C13H21N3O2/c1-9(2)11-6-7-12(17)15-8-4-3-5-10(14)13(18)16-11/h3,5-7,9-11H,4,8,14H2,1-2H3,(H,15,17)(H,16,18). The van der Waals surface area contributed by atoms with E-state index in [1.165, 1.54) is 6.08 Å². The summed E-state index contributed by atoms with van der Waals surface area (Å²) in [7, 11) is 0. The highest BCUT2D eigenvalue weighted by molar-refractivity contribution is 5.88. The molecule has 2 amide bonds. The van der Waals surface area contributed by atoms with Gasteiger partial charge in [0.05, 0.1) is 0 Å². The first-order valence-electron chi connectivity index (χ1n) is 6.19. The largest absolute Gasteiger partial charge is 0.352 e. The molecular formula is C13H21N3O2. The molecule has 0 aromatic carbocycles. The molecule has 5 nitrogen and oxygen atoms in total. The van der Waals surface area contributed by atoms with Crippen LogP contribution in [0.3, 0.4) is 0 Å². The highest BCUT2D eigenvalue weighted by Gasteiger charge is 2.17. The molecular weight excluding hydrogens is 230 g/mol. The fourth-order valence-electron chi connectivity index (χ4n) is 1.56. The van der Waals surface area contributed by atoms with Gasteiger partial charge in [0.1, 0.15) is 6.04 Å². The maximum Gasteiger partial charge on any atom is 0.243 e. The summed E-state index contributed by atoms with van der Waals surface area (Å²) in [5.41, 5.74) is 5.74. The summed E-state index contributed by atoms with van der Waals surface area (Å²) in [6.45, 7) is 4.49. The molecule has 0 bridgehead atoms. The van der Waals surface area contributed by atoms with E-state index in [0.717, 1.165) is 0 Å². The number of amides is 2. The van der Waals surface area contributed by atoms with Crippen LogP contribution >= 0.6 is 0 Å². The van der Waals surface area contributed by atoms with Crippen molar-refractivity contribution in [2.45, 2.75) is 32.4 Å². The summed E-state index contributed by atoms with van der Waals surface area (Å²) in [5.74, 6) is -0.180. The van der Waals surface area contributed by atoms with Crippen LogP contribution in [0.15, 0.2) is 24.3 Å². The molecule has 0 spiro atoms. The van der Waals surface area contributed by atoms with Crippen LogP contribution in [0.5, 0.6) is 0 Å². The zero-order valence-electron chi connectivity index (χ0n) is 10.8. The van der Waals surface area contributed by atoms with Crippen LogP contribution < -0.4 is 16.4 Å². The second-order valence-corrected chi connectivity index (χ2v) is 4.67. The van der Waals surface area contributed by atoms with Gasteiger partial charge in [-0.1, -0.05) is 32.1 Å². The summed E-state index contributed by atoms with van der Waals surface area (Å²) >= 11 is 0. The summed E-state index contributed by atoms with van der Waals surface area (Å²) in [6.07, 6.45) is 7.29. The lowest BCUT2D eigenvalue weighted by atomic mass is 10.0. The molecule has 1 aliphatic heterocycles. The smallest absolute Gasteiger partial charge is 0.243 e. The van der Waals surface area contributed by atoms with Crippen LogP contribution in [-0.4, -0.2) is 30.4 Å². The Bertz CT molecular complexity index is 361. The third kappa shape index (κ3) is 4.71. The number of nitrogens with one attached hydrogen (secondary N) is 2. The van der Waals surface area contributed by atoms with Gasteiger partial charge in [0.15, 0.2) is 0 Å². The van der Waals surface area contributed by atoms with Gasteiger partial charge < -0.3 is 16.4 Å². The molecule has 0 fully saturated rings. The molecule has 1 rings (SSSR count). The fourth-order valence-corrected chi connectivity index (χ4v) is 1.56. The maximum absolute atomic E-state index is 11.8. The van der Waals surface area contributed by atoms with Gasteiger partial charge in [0, 0.05) is 18.7 Å². The Balaban J connectivity index is 2.82. The summed E-state index contributed by atoms with van der Waals surface area (Å²) in [5, 5.41) is 5.58. The second-order valence-electron chi connectivity index (χ2n) is 4.67. The molecule has 100 valence electrons. The Morgan fingerprint density at radius 2 is 2.06 bits per heavy atom. The molecule has 0 aromatic rings. The molecule has 0 aromatic heterocycles. The first kappa shape index (κ1) is 14.4. The van der Waals surface area contributed by atoms with Crippen molar-refractivity contribution in [3.63, 3.8) is 0 Å². The van der Waals surface area contributed by atoms with Crippen molar-refractivity contribution < 1.29 is 9.59 Å². The van der Waals surface area contributed by atoms with Crippen molar-refractivity contribution in [3.05, 3.63) is 24.3 Å². The third-order valence-electron chi connectivity index (χ3n) is 2.74. The average Bonchev–Trinajstić information content (AvgIpc) is 2.31. The van der Waals surface area contributed by atoms with Crippen molar-refractivity contribution in [1.82, 2.24) is 10.6 Å². The number of nitrogens with two attached hydrogens (primary N) is 1. The van der Waals surface area contributed by atoms with Crippen LogP contribution in [0.2, 0.25) is 0 Å². The van der Waals surface area contributed by atoms with Crippen molar-refractivity contribution in [1.29, 1.82) is 0 Å². The minimum absolute atomic E-state index is 0.145. The second kappa shape index (κ2) is 6.96. The van der Waals surface area contributed by atoms with E-state index in [0.29, 0.717) is 13.0 Å². The lowest BCUT2D eigenvalue weighted by Crippen LogP contribution is -2.46. The zero-order valence-corrected chi connectivity index (χ0v) is 10.8. The zero-order chi connectivity index (χ0) is 13.5. The van der Waals surface area contributed by atoms with Crippen LogP contribution in [0.4, 0.5) is 0 Å². The number of carbonyl (C=O) groups is 2. The van der Waals surface area contributed by atoms with E-state index in [4.69, 9.17) is 5.73 Å². The molecule has 0 radical (unpaired) electrons. The Kier molecular flexibility index (Phi) is 5.58. The van der Waals surface area contributed by atoms with Crippen molar-refractivity contribution in [2.24, 2.45) is 11.7 Å². The molecule has 0 saturated heterocycles. The lowest BCUT2D eigenvalue weighted by molar-refractivity contribution is -0.122. The molecule has 0 saturated carbocycles. The molecule has 1 aliphatic rings. The number of hydrogen-bond acceptors (Lipinski definition) is 3. The van der Waals surface area contributed by atoms with E-state index in [-0.39, 0.29) is 23.8 Å². The molecule has 2 atom stereocenters. The normalized spacial score (nSPS) is 26.2. The van der Waals surface area contributed by atoms with Crippen LogP contribution in [-0.2, 0) is 9.59 Å². The van der Waals surface area contributed by atoms with Gasteiger partial charge in [-0.3, -0.25) is 9.59 Å². The summed E-state index contributed by atoms with van der Waals surface area (Å²) in [6, 6.07) is -0.836. The predicted molar refractivity (Wildman–Crippen MR) is 70.7 cm³/mol. The van der Waals surface area contributed by atoms with Gasteiger partial charge in [-0.05, 0) is 12.3 Å². The summed E-state index contributed by atoms with van der Waals surface area (Å²) < 4.78 is 0. The van der Waals surface area contributed by atoms with E-state index in [1.807, 2.05) is 13.8 Å². The molecule has 1 heterocycles. The van der Waals surface area contributed by atoms with E-state index in [9.17, 15) is 9.59 Å². The lowest BCUT2D eigenvalue weighted by Gasteiger charge is -2.20. The third-order valence-corrected chi connectivity index (χ3v) is 2.74. The van der Waals surface area contributed by atoms with E-state index in [2.05, 4.69) is 10.6 Å². The van der Waals surface area contributed by atoms with Crippen molar-refractivity contribution >= 4 is 11.8 Å². The number of rotatable bonds is 1. The Morgan fingerprint density at radius 3 is 2.72 bits per heavy atom. The maximum atomic E-state index is 11.8. The topological polar surface area (TPSA) is 84.2 Å². The van der Waals surface area contributed by atoms with Crippen molar-refractivity contribution in [2.75, 3.05) is 6.54 Å². The van der Waals surface area contributed by atoms with E-state index < -0.39 is 6.04 Å². The molecule has 5 heteroatoms. The highest BCUT2D eigenvalue weighted by Crippen LogP contribution is 2.04. The van der Waals surface area contributed by atoms with Crippen LogP contribution in [0.1, 0.15) is 20.3 Å². The Hall–Kier alpha value is -1.62. The molecule has 18 heavy (non-hydrogen) atoms. The van der Waals surface area contributed by atoms with Crippen LogP contribution in [0, 0.1) is 5.92 Å². The SMILES string of the molecule is CC(C)C1C=CC(=O)NCCC=CC(N)C(=O)N1. The van der Waals surface area contributed by atoms with Gasteiger partial charge in [0.25, 0.3) is 0 Å². The summed E-state index contributed by atoms with van der Waals surface area (Å²) in [4.78, 5) is 23.3. The predicted octanol–water partition coefficient (Wildman–Crippen LogP) is 0.0868. The van der Waals surface area contributed by atoms with Gasteiger partial charge in [0.2, 0.25) is 11.8 Å². The minimum Gasteiger partial charge on any atom is -0.352 e. The molecule has 0 aliphatic carbocycles. The molecule has 2 unspecified atom stereocenters. The molecule has 4 N–H and O–H groups in total. The highest BCUT2D eigenvalue weighted by atomic mass is 16.2. The minimum atomic E-state index is -0.644. The van der Waals surface area contributed by atoms with Crippen molar-refractivity contribution in [3.8, 4) is 0 Å². The Labute approximate surface area is 107 Å². The van der Waals surface area contributed by atoms with Gasteiger partial charge in [-0.2, -0.15) is 0 Å². The average molecular weight is 251 g/mol. The number of hydrogen-bond donors (Lipinski definition) is 3. The number of carbonyl (C=O) groups excluding carboxylic acids is 2. The van der Waals surface area contributed by atoms with Gasteiger partial charge in [-0.25, -0.2) is 0 Å². The van der Waals surface area contributed by atoms with E-state index >= 15 is 0 Å². The Morgan fingerprint density at radius 1 is 1.33 bits per heavy atom. The van der Waals surface area contributed by atoms with Gasteiger partial charge >= 0.3 is 0 Å². The fraction of sp³-hybridized carbons (Fsp3) is 0.538. The van der Waals surface area contributed by atoms with Crippen LogP contribution in [0.25, 0.3) is 0 Å². The first-order valence-corrected chi connectivity index (χ1v) is 6.19.